The minimum Gasteiger partial charge on any atom is -0.493 e. The van der Waals surface area contributed by atoms with Gasteiger partial charge in [0.1, 0.15) is 12.0 Å². The third kappa shape index (κ3) is 2.31. The first kappa shape index (κ1) is 17.0. The molecule has 7 rings (SSSR count). The molecule has 26 heavy (non-hydrogen) atoms. The first-order valence-corrected chi connectivity index (χ1v) is 10.1. The zero-order chi connectivity index (χ0) is 16.4. The number of nitrogens with zero attached hydrogens (tertiary/aromatic N) is 1. The van der Waals surface area contributed by atoms with E-state index >= 15 is 0 Å². The zero-order valence-corrected chi connectivity index (χ0v) is 16.1. The smallest absolute Gasteiger partial charge is 0.166 e. The molecule has 0 spiro atoms. The summed E-state index contributed by atoms with van der Waals surface area (Å²) in [5.74, 6) is 1.50. The maximum Gasteiger partial charge on any atom is 0.166 e. The highest BCUT2D eigenvalue weighted by Gasteiger charge is 2.62. The summed E-state index contributed by atoms with van der Waals surface area (Å²) in [5.41, 5.74) is 2.23. The van der Waals surface area contributed by atoms with Crippen molar-refractivity contribution in [3.63, 3.8) is 0 Å². The van der Waals surface area contributed by atoms with E-state index in [1.165, 1.54) is 16.0 Å². The second kappa shape index (κ2) is 6.21. The van der Waals surface area contributed by atoms with Crippen LogP contribution in [-0.2, 0) is 21.6 Å². The van der Waals surface area contributed by atoms with Gasteiger partial charge in [-0.25, -0.2) is 4.90 Å². The van der Waals surface area contributed by atoms with Crippen LogP contribution in [0.15, 0.2) is 35.7 Å². The summed E-state index contributed by atoms with van der Waals surface area (Å²) in [4.78, 5) is 3.87. The molecule has 4 nitrogen and oxygen atoms in total. The molecule has 138 valence electrons. The van der Waals surface area contributed by atoms with Crippen molar-refractivity contribution < 1.29 is 14.2 Å². The van der Waals surface area contributed by atoms with E-state index in [2.05, 4.69) is 40.6 Å². The number of rotatable bonds is 2. The topological polar surface area (TPSA) is 30.9 Å². The normalized spacial score (nSPS) is 34.8. The molecule has 4 unspecified atom stereocenters. The Hall–Kier alpha value is -1.11. The fraction of sp³-hybridized carbons (Fsp3) is 0.500. The van der Waals surface area contributed by atoms with Gasteiger partial charge in [-0.2, -0.15) is 0 Å². The quantitative estimate of drug-likeness (QED) is 0.766. The molecule has 2 bridgehead atoms. The van der Waals surface area contributed by atoms with Crippen molar-refractivity contribution in [3.05, 3.63) is 51.7 Å². The van der Waals surface area contributed by atoms with E-state index in [1.54, 1.807) is 0 Å². The van der Waals surface area contributed by atoms with E-state index < -0.39 is 0 Å². The molecule has 5 aliphatic rings. The lowest BCUT2D eigenvalue weighted by Gasteiger charge is -2.60. The van der Waals surface area contributed by atoms with E-state index in [-0.39, 0.29) is 30.6 Å². The molecule has 0 aliphatic carbocycles. The molecule has 0 saturated carbocycles. The average molecular weight is 392 g/mol. The van der Waals surface area contributed by atoms with Crippen molar-refractivity contribution in [2.45, 2.75) is 49.8 Å². The van der Waals surface area contributed by atoms with Gasteiger partial charge < -0.3 is 14.2 Å². The summed E-state index contributed by atoms with van der Waals surface area (Å²) in [6.07, 6.45) is 4.33. The predicted molar refractivity (Wildman–Crippen MR) is 102 cm³/mol. The Balaban J connectivity index is 0.00000150. The highest BCUT2D eigenvalue weighted by Crippen LogP contribution is 2.56. The Labute approximate surface area is 163 Å². The van der Waals surface area contributed by atoms with Crippen molar-refractivity contribution in [2.75, 3.05) is 13.2 Å². The lowest BCUT2D eigenvalue weighted by atomic mass is 9.88. The van der Waals surface area contributed by atoms with Crippen LogP contribution < -0.4 is 4.74 Å². The van der Waals surface area contributed by atoms with Gasteiger partial charge in [-0.1, -0.05) is 18.2 Å². The van der Waals surface area contributed by atoms with Crippen LogP contribution in [-0.4, -0.2) is 30.6 Å². The van der Waals surface area contributed by atoms with E-state index in [4.69, 9.17) is 14.2 Å². The van der Waals surface area contributed by atoms with Crippen LogP contribution in [0.1, 0.15) is 41.2 Å². The van der Waals surface area contributed by atoms with Gasteiger partial charge in [-0.05, 0) is 42.3 Å². The molecule has 0 radical (unpaired) electrons. The van der Waals surface area contributed by atoms with Gasteiger partial charge >= 0.3 is 0 Å². The first-order valence-electron chi connectivity index (χ1n) is 9.23. The molecule has 4 saturated heterocycles. The van der Waals surface area contributed by atoms with Gasteiger partial charge in [0.05, 0.1) is 6.61 Å². The molecule has 6 heteroatoms. The molecule has 0 amide bonds. The Morgan fingerprint density at radius 3 is 3.00 bits per heavy atom. The lowest BCUT2D eigenvalue weighted by molar-refractivity contribution is -0.449. The molecule has 1 aromatic heterocycles. The van der Waals surface area contributed by atoms with Crippen LogP contribution in [0.25, 0.3) is 0 Å². The number of benzene rings is 1. The van der Waals surface area contributed by atoms with Gasteiger partial charge in [-0.15, -0.1) is 23.7 Å². The summed E-state index contributed by atoms with van der Waals surface area (Å²) < 4.78 is 18.4. The molecule has 1 aromatic carbocycles. The van der Waals surface area contributed by atoms with Crippen LogP contribution in [0.4, 0.5) is 0 Å². The summed E-state index contributed by atoms with van der Waals surface area (Å²) >= 11 is 1.84. The fourth-order valence-electron chi connectivity index (χ4n) is 4.89. The zero-order valence-electron chi connectivity index (χ0n) is 14.4. The number of ether oxygens (including phenoxy) is 3. The minimum absolute atomic E-state index is 0. The van der Waals surface area contributed by atoms with Crippen LogP contribution >= 0.6 is 23.7 Å². The van der Waals surface area contributed by atoms with Crippen molar-refractivity contribution in [1.29, 1.82) is 0 Å². The molecule has 2 aromatic rings. The summed E-state index contributed by atoms with van der Waals surface area (Å²) in [6.45, 7) is 1.83. The Morgan fingerprint density at radius 1 is 1.23 bits per heavy atom. The Bertz CT molecular complexity index is 805. The third-order valence-corrected chi connectivity index (χ3v) is 7.14. The lowest BCUT2D eigenvalue weighted by Crippen LogP contribution is -2.68. The van der Waals surface area contributed by atoms with Gasteiger partial charge in [0.2, 0.25) is 0 Å². The van der Waals surface area contributed by atoms with Crippen LogP contribution in [0, 0.1) is 0 Å². The highest BCUT2D eigenvalue weighted by atomic mass is 35.5. The minimum atomic E-state index is -0.324. The number of hydrogen-bond acceptors (Lipinski definition) is 5. The van der Waals surface area contributed by atoms with Crippen LogP contribution in [0.5, 0.6) is 5.75 Å². The van der Waals surface area contributed by atoms with Gasteiger partial charge in [0.15, 0.2) is 12.0 Å². The van der Waals surface area contributed by atoms with Gasteiger partial charge in [-0.3, -0.25) is 0 Å². The fourth-order valence-corrected chi connectivity index (χ4v) is 5.77. The van der Waals surface area contributed by atoms with Crippen molar-refractivity contribution >= 4 is 23.7 Å². The third-order valence-electron chi connectivity index (χ3n) is 6.13. The second-order valence-corrected chi connectivity index (χ2v) is 8.42. The maximum absolute atomic E-state index is 6.27. The number of fused-ring (bicyclic) bond motifs is 1. The molecule has 4 atom stereocenters. The monoisotopic (exact) mass is 391 g/mol. The van der Waals surface area contributed by atoms with E-state index in [0.717, 1.165) is 44.6 Å². The molecular formula is C20H22ClNO3S. The second-order valence-electron chi connectivity index (χ2n) is 7.44. The van der Waals surface area contributed by atoms with E-state index in [9.17, 15) is 0 Å². The SMILES string of the molecule is Cl.c1csc(C2CCN3C2OC2CC3(c3ccc4c(c3)OCCC4)O2)c1. The summed E-state index contributed by atoms with van der Waals surface area (Å²) in [7, 11) is 0. The number of halogens is 1. The Morgan fingerprint density at radius 2 is 2.15 bits per heavy atom. The van der Waals surface area contributed by atoms with Crippen molar-refractivity contribution in [1.82, 2.24) is 4.90 Å². The first-order chi connectivity index (χ1) is 12.3. The number of aryl methyl sites for hydroxylation is 1. The van der Waals surface area contributed by atoms with Crippen molar-refractivity contribution in [3.8, 4) is 5.75 Å². The summed E-state index contributed by atoms with van der Waals surface area (Å²) in [5, 5.41) is 2.16. The maximum atomic E-state index is 6.27. The van der Waals surface area contributed by atoms with Crippen LogP contribution in [0.3, 0.4) is 0 Å². The molecule has 0 N–H and O–H groups in total. The predicted octanol–water partition coefficient (Wildman–Crippen LogP) is 4.24. The largest absolute Gasteiger partial charge is 0.493 e. The Kier molecular flexibility index (Phi) is 4.07. The molecular weight excluding hydrogens is 370 g/mol. The van der Waals surface area contributed by atoms with E-state index in [1.807, 2.05) is 11.3 Å². The van der Waals surface area contributed by atoms with Gasteiger partial charge in [0, 0.05) is 29.3 Å². The van der Waals surface area contributed by atoms with E-state index in [0.29, 0.717) is 5.92 Å². The standard InChI is InChI=1S/C20H21NO3S.ClH/c1-3-13-5-6-14(11-16(13)22-9-1)20-12-18(24-20)23-19-15(7-8-21(19)20)17-4-2-10-25-17;/h2,4-6,10-11,15,18-19H,1,3,7-9,12H2;1H. The number of thiophene rings is 1. The number of hydrogen-bond donors (Lipinski definition) is 0. The molecule has 4 fully saturated rings. The van der Waals surface area contributed by atoms with Crippen LogP contribution in [0.2, 0.25) is 0 Å². The molecule has 5 aliphatic heterocycles. The van der Waals surface area contributed by atoms with Crippen molar-refractivity contribution in [2.24, 2.45) is 0 Å². The highest BCUT2D eigenvalue weighted by molar-refractivity contribution is 7.10. The molecule has 6 heterocycles. The average Bonchev–Trinajstić information content (AvgIpc) is 3.29. The summed E-state index contributed by atoms with van der Waals surface area (Å²) in [6, 6.07) is 11.1. The van der Waals surface area contributed by atoms with Gasteiger partial charge in [0.25, 0.3) is 0 Å².